The van der Waals surface area contributed by atoms with E-state index in [0.29, 0.717) is 25.0 Å². The first kappa shape index (κ1) is 20.1. The van der Waals surface area contributed by atoms with Crippen molar-refractivity contribution >= 4 is 17.7 Å². The fourth-order valence-electron chi connectivity index (χ4n) is 3.81. The van der Waals surface area contributed by atoms with Crippen molar-refractivity contribution in [3.63, 3.8) is 0 Å². The summed E-state index contributed by atoms with van der Waals surface area (Å²) in [5.74, 6) is 2.69. The minimum absolute atomic E-state index is 0.0670. The molecule has 0 radical (unpaired) electrons. The lowest BCUT2D eigenvalue weighted by atomic mass is 10.2. The number of aromatic nitrogens is 3. The lowest BCUT2D eigenvalue weighted by molar-refractivity contribution is -0.119. The number of nitrogens with one attached hydrogen (secondary N) is 1. The SMILES string of the molecule is CC(C)n1c(SCC(=O)NC2CCCC2)nnc1-c1ccc2c(c1)OCCCO2. The molecule has 2 aromatic rings. The molecule has 0 saturated heterocycles. The Balaban J connectivity index is 1.51. The van der Waals surface area contributed by atoms with Crippen LogP contribution in [0.2, 0.25) is 0 Å². The molecule has 1 amide bonds. The Morgan fingerprint density at radius 1 is 1.17 bits per heavy atom. The molecule has 2 heterocycles. The van der Waals surface area contributed by atoms with Crippen molar-refractivity contribution in [3.8, 4) is 22.9 Å². The van der Waals surface area contributed by atoms with Gasteiger partial charge in [-0.3, -0.25) is 9.36 Å². The van der Waals surface area contributed by atoms with Crippen molar-refractivity contribution < 1.29 is 14.3 Å². The predicted molar refractivity (Wildman–Crippen MR) is 113 cm³/mol. The average Bonchev–Trinajstić information content (AvgIpc) is 3.30. The van der Waals surface area contributed by atoms with Crippen LogP contribution in [0.15, 0.2) is 23.4 Å². The highest BCUT2D eigenvalue weighted by Crippen LogP contribution is 2.35. The van der Waals surface area contributed by atoms with E-state index in [1.54, 1.807) is 0 Å². The normalized spacial score (nSPS) is 16.8. The van der Waals surface area contributed by atoms with E-state index in [0.717, 1.165) is 47.3 Å². The van der Waals surface area contributed by atoms with Gasteiger partial charge in [-0.15, -0.1) is 10.2 Å². The Morgan fingerprint density at radius 2 is 1.93 bits per heavy atom. The highest BCUT2D eigenvalue weighted by molar-refractivity contribution is 7.99. The number of amides is 1. The molecular formula is C21H28N4O3S. The van der Waals surface area contributed by atoms with E-state index in [1.165, 1.54) is 24.6 Å². The lowest BCUT2D eigenvalue weighted by Gasteiger charge is -2.15. The van der Waals surface area contributed by atoms with Crippen LogP contribution in [0.1, 0.15) is 52.0 Å². The number of carbonyl (C=O) groups excluding carboxylic acids is 1. The maximum atomic E-state index is 12.3. The molecule has 1 aliphatic carbocycles. The number of nitrogens with zero attached hydrogens (tertiary/aromatic N) is 3. The van der Waals surface area contributed by atoms with E-state index >= 15 is 0 Å². The maximum absolute atomic E-state index is 12.3. The molecule has 1 aliphatic heterocycles. The van der Waals surface area contributed by atoms with Crippen LogP contribution in [-0.2, 0) is 4.79 Å². The van der Waals surface area contributed by atoms with E-state index in [-0.39, 0.29) is 11.9 Å². The standard InChI is InChI=1S/C21H28N4O3S/c1-14(2)25-20(15-8-9-17-18(12-15)28-11-5-10-27-17)23-24-21(25)29-13-19(26)22-16-6-3-4-7-16/h8-9,12,14,16H,3-7,10-11,13H2,1-2H3,(H,22,26). The van der Waals surface area contributed by atoms with Gasteiger partial charge in [0.05, 0.1) is 19.0 Å². The molecule has 7 nitrogen and oxygen atoms in total. The zero-order valence-corrected chi connectivity index (χ0v) is 17.8. The van der Waals surface area contributed by atoms with Gasteiger partial charge in [0, 0.05) is 24.1 Å². The van der Waals surface area contributed by atoms with Crippen LogP contribution < -0.4 is 14.8 Å². The van der Waals surface area contributed by atoms with Gasteiger partial charge >= 0.3 is 0 Å². The quantitative estimate of drug-likeness (QED) is 0.721. The topological polar surface area (TPSA) is 78.3 Å². The van der Waals surface area contributed by atoms with E-state index < -0.39 is 0 Å². The molecule has 1 aromatic carbocycles. The van der Waals surface area contributed by atoms with Crippen molar-refractivity contribution in [2.24, 2.45) is 0 Å². The molecule has 1 aromatic heterocycles. The Hall–Kier alpha value is -2.22. The van der Waals surface area contributed by atoms with Crippen molar-refractivity contribution in [2.75, 3.05) is 19.0 Å². The van der Waals surface area contributed by atoms with Gasteiger partial charge in [-0.2, -0.15) is 0 Å². The fourth-order valence-corrected chi connectivity index (χ4v) is 4.69. The third kappa shape index (κ3) is 4.69. The van der Waals surface area contributed by atoms with E-state index in [4.69, 9.17) is 9.47 Å². The summed E-state index contributed by atoms with van der Waals surface area (Å²) in [5, 5.41) is 12.7. The summed E-state index contributed by atoms with van der Waals surface area (Å²) in [6.07, 6.45) is 5.47. The smallest absolute Gasteiger partial charge is 0.230 e. The number of carbonyl (C=O) groups is 1. The summed E-state index contributed by atoms with van der Waals surface area (Å²) in [5.41, 5.74) is 0.928. The number of thioether (sulfide) groups is 1. The molecule has 4 rings (SSSR count). The monoisotopic (exact) mass is 416 g/mol. The minimum Gasteiger partial charge on any atom is -0.490 e. The second kappa shape index (κ2) is 9.07. The number of hydrogen-bond donors (Lipinski definition) is 1. The first-order valence-corrected chi connectivity index (χ1v) is 11.4. The summed E-state index contributed by atoms with van der Waals surface area (Å²) < 4.78 is 13.6. The Bertz CT molecular complexity index is 862. The third-order valence-electron chi connectivity index (χ3n) is 5.24. The molecule has 1 N–H and O–H groups in total. The first-order valence-electron chi connectivity index (χ1n) is 10.4. The molecule has 1 fully saturated rings. The van der Waals surface area contributed by atoms with E-state index in [1.807, 2.05) is 18.2 Å². The van der Waals surface area contributed by atoms with Gasteiger partial charge in [0.1, 0.15) is 0 Å². The zero-order valence-electron chi connectivity index (χ0n) is 17.0. The first-order chi connectivity index (χ1) is 14.1. The number of hydrogen-bond acceptors (Lipinski definition) is 6. The van der Waals surface area contributed by atoms with Crippen LogP contribution in [0.5, 0.6) is 11.5 Å². The molecule has 1 saturated carbocycles. The van der Waals surface area contributed by atoms with Gasteiger partial charge < -0.3 is 14.8 Å². The summed E-state index contributed by atoms with van der Waals surface area (Å²) in [4.78, 5) is 12.3. The molecule has 0 atom stereocenters. The zero-order chi connectivity index (χ0) is 20.2. The second-order valence-electron chi connectivity index (χ2n) is 7.82. The maximum Gasteiger partial charge on any atom is 0.230 e. The molecule has 156 valence electrons. The van der Waals surface area contributed by atoms with Crippen LogP contribution in [0.3, 0.4) is 0 Å². The highest BCUT2D eigenvalue weighted by Gasteiger charge is 2.21. The molecule has 0 unspecified atom stereocenters. The van der Waals surface area contributed by atoms with E-state index in [9.17, 15) is 4.79 Å². The Kier molecular flexibility index (Phi) is 6.28. The number of benzene rings is 1. The molecule has 0 spiro atoms. The van der Waals surface area contributed by atoms with Crippen LogP contribution in [0.25, 0.3) is 11.4 Å². The summed E-state index contributed by atoms with van der Waals surface area (Å²) in [7, 11) is 0. The minimum atomic E-state index is 0.0670. The summed E-state index contributed by atoms with van der Waals surface area (Å²) >= 11 is 1.44. The van der Waals surface area contributed by atoms with Crippen molar-refractivity contribution in [2.45, 2.75) is 63.2 Å². The molecule has 2 aliphatic rings. The van der Waals surface area contributed by atoms with Crippen LogP contribution in [-0.4, -0.2) is 45.7 Å². The lowest BCUT2D eigenvalue weighted by Crippen LogP contribution is -2.33. The summed E-state index contributed by atoms with van der Waals surface area (Å²) in [6, 6.07) is 6.37. The molecule has 0 bridgehead atoms. The van der Waals surface area contributed by atoms with Gasteiger partial charge in [0.15, 0.2) is 22.5 Å². The molecule has 29 heavy (non-hydrogen) atoms. The van der Waals surface area contributed by atoms with Gasteiger partial charge in [-0.25, -0.2) is 0 Å². The van der Waals surface area contributed by atoms with Crippen molar-refractivity contribution in [1.82, 2.24) is 20.1 Å². The van der Waals surface area contributed by atoms with Crippen molar-refractivity contribution in [3.05, 3.63) is 18.2 Å². The van der Waals surface area contributed by atoms with Crippen molar-refractivity contribution in [1.29, 1.82) is 0 Å². The number of rotatable bonds is 6. The highest BCUT2D eigenvalue weighted by atomic mass is 32.2. The molecular weight excluding hydrogens is 388 g/mol. The van der Waals surface area contributed by atoms with Crippen LogP contribution in [0.4, 0.5) is 0 Å². The average molecular weight is 417 g/mol. The van der Waals surface area contributed by atoms with E-state index in [2.05, 4.69) is 33.9 Å². The van der Waals surface area contributed by atoms with Gasteiger partial charge in [0.25, 0.3) is 0 Å². The van der Waals surface area contributed by atoms with Crippen LogP contribution in [0, 0.1) is 0 Å². The summed E-state index contributed by atoms with van der Waals surface area (Å²) in [6.45, 7) is 5.50. The predicted octanol–water partition coefficient (Wildman–Crippen LogP) is 3.84. The largest absolute Gasteiger partial charge is 0.490 e. The Morgan fingerprint density at radius 3 is 2.69 bits per heavy atom. The van der Waals surface area contributed by atoms with Gasteiger partial charge in [-0.05, 0) is 44.9 Å². The second-order valence-corrected chi connectivity index (χ2v) is 8.76. The number of fused-ring (bicyclic) bond motifs is 1. The van der Waals surface area contributed by atoms with Crippen LogP contribution >= 0.6 is 11.8 Å². The third-order valence-corrected chi connectivity index (χ3v) is 6.18. The molecule has 8 heteroatoms. The van der Waals surface area contributed by atoms with Gasteiger partial charge in [-0.1, -0.05) is 24.6 Å². The number of ether oxygens (including phenoxy) is 2. The van der Waals surface area contributed by atoms with Gasteiger partial charge in [0.2, 0.25) is 5.91 Å². The Labute approximate surface area is 175 Å². The fraction of sp³-hybridized carbons (Fsp3) is 0.571.